The number of carbonyl (C=O) groups excluding carboxylic acids is 1. The van der Waals surface area contributed by atoms with Crippen LogP contribution in [0.4, 0.5) is 5.13 Å². The van der Waals surface area contributed by atoms with Gasteiger partial charge in [-0.05, 0) is 6.07 Å². The van der Waals surface area contributed by atoms with Crippen molar-refractivity contribution < 1.29 is 9.53 Å². The minimum absolute atomic E-state index is 0.166. The Hall–Kier alpha value is -2.15. The van der Waals surface area contributed by atoms with Gasteiger partial charge >= 0.3 is 0 Å². The zero-order valence-electron chi connectivity index (χ0n) is 13.6. The van der Waals surface area contributed by atoms with E-state index in [0.29, 0.717) is 6.61 Å². The van der Waals surface area contributed by atoms with Crippen LogP contribution in [0.3, 0.4) is 0 Å². The number of anilines is 1. The molecule has 2 aliphatic heterocycles. The lowest BCUT2D eigenvalue weighted by molar-refractivity contribution is -0.133. The number of ether oxygens (including phenoxy) is 1. The van der Waals surface area contributed by atoms with E-state index in [0.717, 1.165) is 54.9 Å². The van der Waals surface area contributed by atoms with Crippen LogP contribution in [0.2, 0.25) is 0 Å². The van der Waals surface area contributed by atoms with Gasteiger partial charge in [0, 0.05) is 49.7 Å². The fraction of sp³-hybridized carbons (Fsp3) is 0.471. The van der Waals surface area contributed by atoms with E-state index in [-0.39, 0.29) is 11.8 Å². The van der Waals surface area contributed by atoms with E-state index >= 15 is 0 Å². The van der Waals surface area contributed by atoms with Crippen molar-refractivity contribution in [1.82, 2.24) is 14.3 Å². The molecule has 1 aromatic carbocycles. The van der Waals surface area contributed by atoms with E-state index < -0.39 is 0 Å². The molecule has 4 rings (SSSR count). The van der Waals surface area contributed by atoms with Crippen molar-refractivity contribution in [2.24, 2.45) is 0 Å². The molecule has 0 spiro atoms. The first kappa shape index (κ1) is 15.4. The SMILES string of the molecule is CCc1nsc(N2CCN(C(=O)C3COc4ccccc43)CC2)n1. The van der Waals surface area contributed by atoms with Crippen LogP contribution in [-0.2, 0) is 11.2 Å². The monoisotopic (exact) mass is 344 g/mol. The second-order valence-electron chi connectivity index (χ2n) is 6.06. The molecule has 6 nitrogen and oxygen atoms in total. The van der Waals surface area contributed by atoms with Crippen LogP contribution in [0.5, 0.6) is 5.75 Å². The van der Waals surface area contributed by atoms with Crippen LogP contribution >= 0.6 is 11.5 Å². The van der Waals surface area contributed by atoms with Gasteiger partial charge in [-0.3, -0.25) is 4.79 Å². The molecule has 0 aliphatic carbocycles. The molecule has 24 heavy (non-hydrogen) atoms. The number of nitrogens with zero attached hydrogens (tertiary/aromatic N) is 4. The smallest absolute Gasteiger partial charge is 0.233 e. The van der Waals surface area contributed by atoms with Crippen LogP contribution in [0.1, 0.15) is 24.2 Å². The first-order valence-corrected chi connectivity index (χ1v) is 9.11. The van der Waals surface area contributed by atoms with Crippen LogP contribution < -0.4 is 9.64 Å². The zero-order valence-corrected chi connectivity index (χ0v) is 14.5. The van der Waals surface area contributed by atoms with E-state index in [4.69, 9.17) is 4.74 Å². The van der Waals surface area contributed by atoms with Gasteiger partial charge in [-0.15, -0.1) is 0 Å². The molecule has 1 atom stereocenters. The van der Waals surface area contributed by atoms with Crippen molar-refractivity contribution in [1.29, 1.82) is 0 Å². The molecule has 1 aromatic heterocycles. The average Bonchev–Trinajstić information content (AvgIpc) is 3.28. The molecular formula is C17H20N4O2S. The summed E-state index contributed by atoms with van der Waals surface area (Å²) in [5.41, 5.74) is 1.02. The van der Waals surface area contributed by atoms with Gasteiger partial charge in [0.15, 0.2) is 0 Å². The highest BCUT2D eigenvalue weighted by Crippen LogP contribution is 2.34. The minimum atomic E-state index is -0.166. The number of piperazine rings is 1. The maximum atomic E-state index is 12.9. The Morgan fingerprint density at radius 2 is 2.08 bits per heavy atom. The topological polar surface area (TPSA) is 58.6 Å². The second kappa shape index (κ2) is 6.39. The van der Waals surface area contributed by atoms with Crippen molar-refractivity contribution >= 4 is 22.6 Å². The maximum Gasteiger partial charge on any atom is 0.233 e. The van der Waals surface area contributed by atoms with Gasteiger partial charge < -0.3 is 14.5 Å². The average molecular weight is 344 g/mol. The highest BCUT2D eigenvalue weighted by atomic mass is 32.1. The maximum absolute atomic E-state index is 12.9. The molecule has 2 aromatic rings. The van der Waals surface area contributed by atoms with Gasteiger partial charge in [-0.1, -0.05) is 25.1 Å². The van der Waals surface area contributed by atoms with Gasteiger partial charge in [-0.2, -0.15) is 4.37 Å². The Morgan fingerprint density at radius 3 is 2.83 bits per heavy atom. The predicted molar refractivity (Wildman–Crippen MR) is 92.8 cm³/mol. The van der Waals surface area contributed by atoms with Crippen molar-refractivity contribution in [3.63, 3.8) is 0 Å². The van der Waals surface area contributed by atoms with Crippen molar-refractivity contribution in [2.45, 2.75) is 19.3 Å². The molecule has 0 N–H and O–H groups in total. The highest BCUT2D eigenvalue weighted by Gasteiger charge is 2.34. The van der Waals surface area contributed by atoms with Gasteiger partial charge in [-0.25, -0.2) is 4.98 Å². The van der Waals surface area contributed by atoms with Crippen LogP contribution in [0.25, 0.3) is 0 Å². The van der Waals surface area contributed by atoms with E-state index in [2.05, 4.69) is 21.2 Å². The Labute approximate surface area is 145 Å². The number of fused-ring (bicyclic) bond motifs is 1. The Morgan fingerprint density at radius 1 is 1.29 bits per heavy atom. The molecule has 3 heterocycles. The first-order valence-electron chi connectivity index (χ1n) is 8.34. The van der Waals surface area contributed by atoms with Gasteiger partial charge in [0.1, 0.15) is 24.1 Å². The largest absolute Gasteiger partial charge is 0.492 e. The zero-order chi connectivity index (χ0) is 16.5. The van der Waals surface area contributed by atoms with Crippen LogP contribution in [-0.4, -0.2) is 53.0 Å². The molecule has 0 bridgehead atoms. The molecule has 1 unspecified atom stereocenters. The predicted octanol–water partition coefficient (Wildman–Crippen LogP) is 1.93. The van der Waals surface area contributed by atoms with Gasteiger partial charge in [0.25, 0.3) is 0 Å². The number of benzene rings is 1. The number of amides is 1. The lowest BCUT2D eigenvalue weighted by Crippen LogP contribution is -2.50. The number of rotatable bonds is 3. The molecule has 0 radical (unpaired) electrons. The Balaban J connectivity index is 1.40. The highest BCUT2D eigenvalue weighted by molar-refractivity contribution is 7.09. The summed E-state index contributed by atoms with van der Waals surface area (Å²) in [5, 5.41) is 0.966. The van der Waals surface area contributed by atoms with Crippen molar-refractivity contribution in [3.8, 4) is 5.75 Å². The standard InChI is InChI=1S/C17H20N4O2S/c1-2-15-18-17(24-19-15)21-9-7-20(8-10-21)16(22)13-11-23-14-6-4-3-5-12(13)14/h3-6,13H,2,7-11H2,1H3. The summed E-state index contributed by atoms with van der Waals surface area (Å²) in [6, 6.07) is 7.83. The van der Waals surface area contributed by atoms with Crippen LogP contribution in [0.15, 0.2) is 24.3 Å². The van der Waals surface area contributed by atoms with E-state index in [1.807, 2.05) is 29.2 Å². The first-order chi connectivity index (χ1) is 11.8. The molecule has 1 amide bonds. The Kier molecular flexibility index (Phi) is 4.10. The normalized spacial score (nSPS) is 20.0. The summed E-state index contributed by atoms with van der Waals surface area (Å²) in [5.74, 6) is 1.75. The molecule has 1 saturated heterocycles. The summed E-state index contributed by atoms with van der Waals surface area (Å²) in [6.07, 6.45) is 0.857. The van der Waals surface area contributed by atoms with E-state index in [9.17, 15) is 4.79 Å². The van der Waals surface area contributed by atoms with Crippen molar-refractivity contribution in [3.05, 3.63) is 35.7 Å². The summed E-state index contributed by atoms with van der Waals surface area (Å²) >= 11 is 1.45. The molecule has 7 heteroatoms. The third kappa shape index (κ3) is 2.73. The lowest BCUT2D eigenvalue weighted by Gasteiger charge is -2.35. The van der Waals surface area contributed by atoms with Crippen LogP contribution in [0, 0.1) is 0 Å². The number of aromatic nitrogens is 2. The summed E-state index contributed by atoms with van der Waals surface area (Å²) in [7, 11) is 0. The number of aryl methyl sites for hydroxylation is 1. The van der Waals surface area contributed by atoms with Gasteiger partial charge in [0.2, 0.25) is 11.0 Å². The molecule has 1 fully saturated rings. The Bertz CT molecular complexity index is 740. The second-order valence-corrected chi connectivity index (χ2v) is 6.79. The summed E-state index contributed by atoms with van der Waals surface area (Å²) in [6.45, 7) is 5.56. The summed E-state index contributed by atoms with van der Waals surface area (Å²) < 4.78 is 10.00. The number of para-hydroxylation sites is 1. The van der Waals surface area contributed by atoms with E-state index in [1.54, 1.807) is 0 Å². The lowest BCUT2D eigenvalue weighted by atomic mass is 9.99. The number of carbonyl (C=O) groups is 1. The van der Waals surface area contributed by atoms with E-state index in [1.165, 1.54) is 11.5 Å². The van der Waals surface area contributed by atoms with Crippen molar-refractivity contribution in [2.75, 3.05) is 37.7 Å². The fourth-order valence-corrected chi connectivity index (χ4v) is 4.02. The fourth-order valence-electron chi connectivity index (χ4n) is 3.22. The summed E-state index contributed by atoms with van der Waals surface area (Å²) in [4.78, 5) is 21.6. The third-order valence-corrected chi connectivity index (χ3v) is 5.45. The quantitative estimate of drug-likeness (QED) is 0.851. The third-order valence-electron chi connectivity index (χ3n) is 4.63. The molecule has 2 aliphatic rings. The number of hydrogen-bond acceptors (Lipinski definition) is 6. The molecule has 0 saturated carbocycles. The van der Waals surface area contributed by atoms with Gasteiger partial charge in [0.05, 0.1) is 0 Å². The molecule has 126 valence electrons. The molecular weight excluding hydrogens is 324 g/mol. The number of hydrogen-bond donors (Lipinski definition) is 0. The minimum Gasteiger partial charge on any atom is -0.492 e.